The topological polar surface area (TPSA) is 50.4 Å². The Labute approximate surface area is 65.0 Å². The van der Waals surface area contributed by atoms with Crippen molar-refractivity contribution in [2.24, 2.45) is 0 Å². The number of carboxylic acid groups (broad SMARTS) is 1. The van der Waals surface area contributed by atoms with E-state index < -0.39 is 5.97 Å². The van der Waals surface area contributed by atoms with Gasteiger partial charge in [0.25, 0.3) is 0 Å². The second-order valence-electron chi connectivity index (χ2n) is 1.84. The number of aliphatic carboxylic acids is 1. The zero-order valence-electron chi connectivity index (χ0n) is 6.28. The molecule has 11 heavy (non-hydrogen) atoms. The third kappa shape index (κ3) is 6.37. The summed E-state index contributed by atoms with van der Waals surface area (Å²) in [6, 6.07) is 1.92. The smallest absolute Gasteiger partial charge is 0.327 e. The Kier molecular flexibility index (Phi) is 4.56. The van der Waals surface area contributed by atoms with Gasteiger partial charge in [0.05, 0.1) is 12.5 Å². The third-order valence-corrected chi connectivity index (χ3v) is 0.838. The minimum atomic E-state index is -0.981. The van der Waals surface area contributed by atoms with Gasteiger partial charge in [-0.1, -0.05) is 6.58 Å². The standard InChI is InChI=1S/C5H6O.C3H4O2/c1-5-2-3-6-4-5;1-2-3(4)5/h2-4H,1H3;2H,1H2,(H,4,5). The van der Waals surface area contributed by atoms with Crippen LogP contribution in [0.1, 0.15) is 5.56 Å². The highest BCUT2D eigenvalue weighted by Crippen LogP contribution is 1.93. The molecule has 3 nitrogen and oxygen atoms in total. The monoisotopic (exact) mass is 154 g/mol. The fourth-order valence-corrected chi connectivity index (χ4v) is 0.333. The van der Waals surface area contributed by atoms with Crippen molar-refractivity contribution < 1.29 is 14.3 Å². The average Bonchev–Trinajstić information content (AvgIpc) is 2.41. The minimum Gasteiger partial charge on any atom is -0.478 e. The molecule has 0 aliphatic carbocycles. The Bertz CT molecular complexity index is 211. The number of carbonyl (C=O) groups is 1. The van der Waals surface area contributed by atoms with Gasteiger partial charge in [-0.15, -0.1) is 0 Å². The predicted octanol–water partition coefficient (Wildman–Crippen LogP) is 1.85. The molecule has 0 fully saturated rings. The van der Waals surface area contributed by atoms with Crippen LogP contribution in [0.3, 0.4) is 0 Å². The summed E-state index contributed by atoms with van der Waals surface area (Å²) in [5, 5.41) is 7.60. The summed E-state index contributed by atoms with van der Waals surface area (Å²) in [4.78, 5) is 9.25. The van der Waals surface area contributed by atoms with E-state index in [1.807, 2.05) is 13.0 Å². The van der Waals surface area contributed by atoms with E-state index >= 15 is 0 Å². The summed E-state index contributed by atoms with van der Waals surface area (Å²) in [5.74, 6) is -0.981. The molecule has 0 aliphatic heterocycles. The first kappa shape index (κ1) is 9.49. The lowest BCUT2D eigenvalue weighted by atomic mass is 10.4. The van der Waals surface area contributed by atoms with Crippen molar-refractivity contribution in [1.82, 2.24) is 0 Å². The van der Waals surface area contributed by atoms with Crippen LogP contribution in [0.25, 0.3) is 0 Å². The van der Waals surface area contributed by atoms with Gasteiger partial charge in [0.2, 0.25) is 0 Å². The van der Waals surface area contributed by atoms with Gasteiger partial charge >= 0.3 is 5.97 Å². The summed E-state index contributed by atoms with van der Waals surface area (Å²) < 4.78 is 4.71. The Hall–Kier alpha value is -1.51. The number of hydrogen-bond acceptors (Lipinski definition) is 2. The molecule has 0 amide bonds. The van der Waals surface area contributed by atoms with Crippen LogP contribution < -0.4 is 0 Å². The zero-order valence-corrected chi connectivity index (χ0v) is 6.28. The van der Waals surface area contributed by atoms with Crippen LogP contribution in [0, 0.1) is 6.92 Å². The maximum atomic E-state index is 9.25. The minimum absolute atomic E-state index is 0.833. The van der Waals surface area contributed by atoms with Crippen molar-refractivity contribution in [1.29, 1.82) is 0 Å². The first-order chi connectivity index (χ1) is 5.16. The van der Waals surface area contributed by atoms with Gasteiger partial charge < -0.3 is 9.52 Å². The highest BCUT2D eigenvalue weighted by molar-refractivity contribution is 5.78. The summed E-state index contributed by atoms with van der Waals surface area (Å²) in [7, 11) is 0. The maximum Gasteiger partial charge on any atom is 0.327 e. The van der Waals surface area contributed by atoms with E-state index in [1.165, 1.54) is 5.56 Å². The largest absolute Gasteiger partial charge is 0.478 e. The predicted molar refractivity (Wildman–Crippen MR) is 41.3 cm³/mol. The molecule has 0 atom stereocenters. The molecule has 0 aliphatic rings. The van der Waals surface area contributed by atoms with Crippen LogP contribution >= 0.6 is 0 Å². The molecule has 1 heterocycles. The van der Waals surface area contributed by atoms with Crippen molar-refractivity contribution in [2.75, 3.05) is 0 Å². The second-order valence-corrected chi connectivity index (χ2v) is 1.84. The molecule has 0 aromatic carbocycles. The lowest BCUT2D eigenvalue weighted by molar-refractivity contribution is -0.131. The van der Waals surface area contributed by atoms with E-state index in [0.717, 1.165) is 6.08 Å². The Morgan fingerprint density at radius 2 is 2.36 bits per heavy atom. The first-order valence-electron chi connectivity index (χ1n) is 3.01. The van der Waals surface area contributed by atoms with Gasteiger partial charge in [-0.05, 0) is 18.6 Å². The average molecular weight is 154 g/mol. The molecule has 0 saturated carbocycles. The summed E-state index contributed by atoms with van der Waals surface area (Å²) in [5.41, 5.74) is 1.18. The molecule has 1 aromatic rings. The van der Waals surface area contributed by atoms with Crippen LogP contribution in [0.15, 0.2) is 35.7 Å². The van der Waals surface area contributed by atoms with E-state index in [4.69, 9.17) is 9.52 Å². The van der Waals surface area contributed by atoms with E-state index in [-0.39, 0.29) is 0 Å². The van der Waals surface area contributed by atoms with Gasteiger partial charge in [-0.2, -0.15) is 0 Å². The molecule has 0 spiro atoms. The number of furan rings is 1. The van der Waals surface area contributed by atoms with Crippen LogP contribution in [0.4, 0.5) is 0 Å². The van der Waals surface area contributed by atoms with Crippen molar-refractivity contribution in [3.8, 4) is 0 Å². The van der Waals surface area contributed by atoms with Gasteiger partial charge in [0.15, 0.2) is 0 Å². The van der Waals surface area contributed by atoms with Crippen LogP contribution in [-0.2, 0) is 4.79 Å². The van der Waals surface area contributed by atoms with Crippen molar-refractivity contribution in [3.63, 3.8) is 0 Å². The number of carboxylic acids is 1. The highest BCUT2D eigenvalue weighted by Gasteiger charge is 1.75. The van der Waals surface area contributed by atoms with Gasteiger partial charge in [-0.25, -0.2) is 4.79 Å². The van der Waals surface area contributed by atoms with E-state index in [1.54, 1.807) is 12.5 Å². The van der Waals surface area contributed by atoms with Gasteiger partial charge in [0.1, 0.15) is 0 Å². The molecule has 0 radical (unpaired) electrons. The number of rotatable bonds is 1. The lowest BCUT2D eigenvalue weighted by Gasteiger charge is -1.64. The molecule has 0 bridgehead atoms. The molecule has 1 rings (SSSR count). The second kappa shape index (κ2) is 5.29. The summed E-state index contributed by atoms with van der Waals surface area (Å²) >= 11 is 0. The Morgan fingerprint density at radius 3 is 2.45 bits per heavy atom. The van der Waals surface area contributed by atoms with Crippen molar-refractivity contribution in [3.05, 3.63) is 36.8 Å². The van der Waals surface area contributed by atoms with Crippen LogP contribution in [-0.4, -0.2) is 11.1 Å². The van der Waals surface area contributed by atoms with Crippen molar-refractivity contribution in [2.45, 2.75) is 6.92 Å². The van der Waals surface area contributed by atoms with Gasteiger partial charge in [0, 0.05) is 6.08 Å². The van der Waals surface area contributed by atoms with E-state index in [2.05, 4.69) is 6.58 Å². The third-order valence-electron chi connectivity index (χ3n) is 0.838. The zero-order chi connectivity index (χ0) is 8.69. The first-order valence-corrected chi connectivity index (χ1v) is 3.01. The summed E-state index contributed by atoms with van der Waals surface area (Å²) in [6.45, 7) is 4.95. The number of aryl methyl sites for hydroxylation is 1. The fourth-order valence-electron chi connectivity index (χ4n) is 0.333. The van der Waals surface area contributed by atoms with Crippen molar-refractivity contribution >= 4 is 5.97 Å². The molecular formula is C8H10O3. The fraction of sp³-hybridized carbons (Fsp3) is 0.125. The number of hydrogen-bond donors (Lipinski definition) is 1. The molecule has 1 aromatic heterocycles. The van der Waals surface area contributed by atoms with Crippen LogP contribution in [0.5, 0.6) is 0 Å². The lowest BCUT2D eigenvalue weighted by Crippen LogP contribution is -1.82. The Morgan fingerprint density at radius 1 is 1.82 bits per heavy atom. The van der Waals surface area contributed by atoms with Crippen LogP contribution in [0.2, 0.25) is 0 Å². The molecule has 0 unspecified atom stereocenters. The normalized spacial score (nSPS) is 7.73. The van der Waals surface area contributed by atoms with Gasteiger partial charge in [-0.3, -0.25) is 0 Å². The van der Waals surface area contributed by atoms with E-state index in [9.17, 15) is 4.79 Å². The highest BCUT2D eigenvalue weighted by atomic mass is 16.4. The molecule has 0 saturated heterocycles. The molecule has 60 valence electrons. The molecule has 3 heteroatoms. The quantitative estimate of drug-likeness (QED) is 0.628. The maximum absolute atomic E-state index is 9.25. The molecular weight excluding hydrogens is 144 g/mol. The Balaban J connectivity index is 0.000000187. The molecule has 1 N–H and O–H groups in total. The van der Waals surface area contributed by atoms with E-state index in [0.29, 0.717) is 0 Å². The SMILES string of the molecule is C=CC(=O)O.Cc1ccoc1. The summed E-state index contributed by atoms with van der Waals surface area (Å²) in [6.07, 6.45) is 4.20.